The number of methoxy groups -OCH3 is 2. The van der Waals surface area contributed by atoms with Crippen LogP contribution in [0.5, 0.6) is 17.2 Å². The van der Waals surface area contributed by atoms with Gasteiger partial charge in [-0.25, -0.2) is 0 Å². The highest BCUT2D eigenvalue weighted by Gasteiger charge is 2.03. The number of hydrogen-bond donors (Lipinski definition) is 0. The van der Waals surface area contributed by atoms with E-state index in [1.807, 2.05) is 37.3 Å². The molecule has 3 nitrogen and oxygen atoms in total. The molecule has 0 amide bonds. The van der Waals surface area contributed by atoms with Crippen molar-refractivity contribution in [1.29, 1.82) is 0 Å². The summed E-state index contributed by atoms with van der Waals surface area (Å²) >= 11 is 1.75. The van der Waals surface area contributed by atoms with Crippen molar-refractivity contribution in [3.8, 4) is 17.2 Å². The summed E-state index contributed by atoms with van der Waals surface area (Å²) in [5.41, 5.74) is 2.18. The van der Waals surface area contributed by atoms with Crippen LogP contribution in [-0.4, -0.2) is 26.6 Å². The maximum atomic E-state index is 5.73. The number of hydrogen-bond acceptors (Lipinski definition) is 4. The predicted octanol–water partition coefficient (Wildman–Crippen LogP) is 4.74. The first-order valence-corrected chi connectivity index (χ1v) is 8.32. The molecule has 23 heavy (non-hydrogen) atoms. The molecule has 0 heterocycles. The Morgan fingerprint density at radius 3 is 2.30 bits per heavy atom. The van der Waals surface area contributed by atoms with E-state index in [0.717, 1.165) is 34.1 Å². The van der Waals surface area contributed by atoms with Gasteiger partial charge in [0.15, 0.2) is 0 Å². The molecule has 122 valence electrons. The van der Waals surface area contributed by atoms with Crippen LogP contribution in [0.4, 0.5) is 0 Å². The van der Waals surface area contributed by atoms with Crippen molar-refractivity contribution in [3.63, 3.8) is 0 Å². The van der Waals surface area contributed by atoms with Crippen LogP contribution in [-0.2, 0) is 0 Å². The lowest BCUT2D eigenvalue weighted by molar-refractivity contribution is 0.351. The highest BCUT2D eigenvalue weighted by Crippen LogP contribution is 2.26. The van der Waals surface area contributed by atoms with Crippen molar-refractivity contribution in [2.24, 2.45) is 0 Å². The summed E-state index contributed by atoms with van der Waals surface area (Å²) in [5.74, 6) is 3.37. The van der Waals surface area contributed by atoms with Crippen LogP contribution in [0.25, 0.3) is 0 Å². The molecule has 2 aromatic carbocycles. The lowest BCUT2D eigenvalue weighted by Gasteiger charge is -2.10. The Morgan fingerprint density at radius 2 is 1.70 bits per heavy atom. The second kappa shape index (κ2) is 8.53. The molecule has 0 spiro atoms. The second-order valence-corrected chi connectivity index (χ2v) is 6.18. The minimum atomic E-state index is 0.508. The van der Waals surface area contributed by atoms with Gasteiger partial charge >= 0.3 is 0 Å². The minimum Gasteiger partial charge on any atom is -0.497 e. The number of aryl methyl sites for hydroxylation is 1. The van der Waals surface area contributed by atoms with Gasteiger partial charge in [0.05, 0.1) is 14.2 Å². The van der Waals surface area contributed by atoms with E-state index in [-0.39, 0.29) is 0 Å². The molecular formula is C19H22O3S. The molecule has 0 atom stereocenters. The Kier molecular flexibility index (Phi) is 6.41. The van der Waals surface area contributed by atoms with Crippen LogP contribution in [0.1, 0.15) is 5.56 Å². The van der Waals surface area contributed by atoms with Crippen LogP contribution in [0.15, 0.2) is 59.5 Å². The molecule has 0 fully saturated rings. The maximum absolute atomic E-state index is 5.73. The largest absolute Gasteiger partial charge is 0.497 e. The Morgan fingerprint density at radius 1 is 1.00 bits per heavy atom. The third kappa shape index (κ3) is 5.25. The molecule has 0 aromatic heterocycles. The molecule has 0 aliphatic rings. The smallest absolute Gasteiger partial charge is 0.121 e. The Balaban J connectivity index is 1.79. The van der Waals surface area contributed by atoms with Crippen molar-refractivity contribution in [2.75, 3.05) is 26.6 Å². The lowest BCUT2D eigenvalue weighted by Crippen LogP contribution is -2.02. The molecule has 0 aliphatic heterocycles. The summed E-state index contributed by atoms with van der Waals surface area (Å²) in [4.78, 5) is 1.20. The number of benzene rings is 2. The number of thioether (sulfide) groups is 1. The van der Waals surface area contributed by atoms with Gasteiger partial charge in [-0.1, -0.05) is 6.58 Å². The Bertz CT molecular complexity index is 650. The fourth-order valence-electron chi connectivity index (χ4n) is 2.03. The molecule has 0 unspecified atom stereocenters. The van der Waals surface area contributed by atoms with Gasteiger partial charge in [-0.05, 0) is 60.5 Å². The highest BCUT2D eigenvalue weighted by molar-refractivity contribution is 7.99. The summed E-state index contributed by atoms with van der Waals surface area (Å²) < 4.78 is 16.1. The molecule has 0 saturated carbocycles. The Labute approximate surface area is 142 Å². The van der Waals surface area contributed by atoms with E-state index >= 15 is 0 Å². The normalized spacial score (nSPS) is 10.2. The van der Waals surface area contributed by atoms with E-state index in [1.165, 1.54) is 4.90 Å². The van der Waals surface area contributed by atoms with Gasteiger partial charge in [0.1, 0.15) is 23.9 Å². The monoisotopic (exact) mass is 330 g/mol. The predicted molar refractivity (Wildman–Crippen MR) is 96.1 cm³/mol. The fraction of sp³-hybridized carbons (Fsp3) is 0.263. The van der Waals surface area contributed by atoms with Gasteiger partial charge in [-0.15, -0.1) is 11.8 Å². The lowest BCUT2D eigenvalue weighted by atomic mass is 10.2. The summed E-state index contributed by atoms with van der Waals surface area (Å²) in [5, 5.41) is 0. The van der Waals surface area contributed by atoms with Crippen molar-refractivity contribution < 1.29 is 14.2 Å². The average Bonchev–Trinajstić information content (AvgIpc) is 2.58. The molecule has 0 bridgehead atoms. The maximum Gasteiger partial charge on any atom is 0.121 e. The molecule has 2 aromatic rings. The SMILES string of the molecule is C=C(COc1ccc(OC)cc1)CSc1ccc(OC)c(C)c1. The van der Waals surface area contributed by atoms with Gasteiger partial charge in [-0.2, -0.15) is 0 Å². The van der Waals surface area contributed by atoms with Gasteiger partial charge < -0.3 is 14.2 Å². The summed E-state index contributed by atoms with van der Waals surface area (Å²) in [6, 6.07) is 13.7. The van der Waals surface area contributed by atoms with Crippen LogP contribution in [0.3, 0.4) is 0 Å². The standard InChI is InChI=1S/C19H22O3S/c1-14(12-22-17-7-5-16(20-3)6-8-17)13-23-18-9-10-19(21-4)15(2)11-18/h5-11H,1,12-13H2,2-4H3. The van der Waals surface area contributed by atoms with E-state index < -0.39 is 0 Å². The highest BCUT2D eigenvalue weighted by atomic mass is 32.2. The van der Waals surface area contributed by atoms with Crippen LogP contribution in [0, 0.1) is 6.92 Å². The second-order valence-electron chi connectivity index (χ2n) is 5.13. The van der Waals surface area contributed by atoms with Crippen LogP contribution < -0.4 is 14.2 Å². The van der Waals surface area contributed by atoms with Crippen molar-refractivity contribution in [1.82, 2.24) is 0 Å². The van der Waals surface area contributed by atoms with E-state index in [1.54, 1.807) is 26.0 Å². The molecule has 0 N–H and O–H groups in total. The number of ether oxygens (including phenoxy) is 3. The molecule has 0 saturated heterocycles. The average molecular weight is 330 g/mol. The minimum absolute atomic E-state index is 0.508. The van der Waals surface area contributed by atoms with E-state index in [4.69, 9.17) is 14.2 Å². The zero-order valence-corrected chi connectivity index (χ0v) is 14.6. The first kappa shape index (κ1) is 17.3. The molecule has 4 heteroatoms. The van der Waals surface area contributed by atoms with Crippen molar-refractivity contribution in [2.45, 2.75) is 11.8 Å². The third-order valence-corrected chi connectivity index (χ3v) is 4.45. The quantitative estimate of drug-likeness (QED) is 0.516. The van der Waals surface area contributed by atoms with Crippen LogP contribution >= 0.6 is 11.8 Å². The topological polar surface area (TPSA) is 27.7 Å². The number of rotatable bonds is 8. The first-order chi connectivity index (χ1) is 11.1. The van der Waals surface area contributed by atoms with Gasteiger partial charge in [0.25, 0.3) is 0 Å². The van der Waals surface area contributed by atoms with Crippen molar-refractivity contribution in [3.05, 3.63) is 60.2 Å². The van der Waals surface area contributed by atoms with Crippen molar-refractivity contribution >= 4 is 11.8 Å². The summed E-state index contributed by atoms with van der Waals surface area (Å²) in [6.07, 6.45) is 0. The van der Waals surface area contributed by atoms with E-state index in [2.05, 4.69) is 18.7 Å². The van der Waals surface area contributed by atoms with E-state index in [9.17, 15) is 0 Å². The fourth-order valence-corrected chi connectivity index (χ4v) is 2.90. The first-order valence-electron chi connectivity index (χ1n) is 7.33. The summed E-state index contributed by atoms with van der Waals surface area (Å²) in [7, 11) is 3.34. The van der Waals surface area contributed by atoms with Gasteiger partial charge in [0, 0.05) is 10.6 Å². The summed E-state index contributed by atoms with van der Waals surface area (Å²) in [6.45, 7) is 6.63. The molecule has 2 rings (SSSR count). The van der Waals surface area contributed by atoms with Crippen LogP contribution in [0.2, 0.25) is 0 Å². The zero-order chi connectivity index (χ0) is 16.7. The molecular weight excluding hydrogens is 308 g/mol. The molecule has 0 aliphatic carbocycles. The third-order valence-electron chi connectivity index (χ3n) is 3.31. The Hall–Kier alpha value is -2.07. The van der Waals surface area contributed by atoms with E-state index in [0.29, 0.717) is 6.61 Å². The molecule has 0 radical (unpaired) electrons. The van der Waals surface area contributed by atoms with Gasteiger partial charge in [0.2, 0.25) is 0 Å². The zero-order valence-electron chi connectivity index (χ0n) is 13.8. The van der Waals surface area contributed by atoms with Gasteiger partial charge in [-0.3, -0.25) is 0 Å².